The van der Waals surface area contributed by atoms with Gasteiger partial charge in [0.05, 0.1) is 6.61 Å². The smallest absolute Gasteiger partial charge is 0.251 e. The van der Waals surface area contributed by atoms with Crippen LogP contribution in [0.5, 0.6) is 0 Å². The summed E-state index contributed by atoms with van der Waals surface area (Å²) in [6, 6.07) is 18.8. The second-order valence-corrected chi connectivity index (χ2v) is 7.44. The van der Waals surface area contributed by atoms with E-state index in [4.69, 9.17) is 0 Å². The molecule has 1 atom stereocenters. The van der Waals surface area contributed by atoms with Crippen molar-refractivity contribution in [3.05, 3.63) is 102 Å². The maximum atomic E-state index is 13.2. The number of aromatic amines is 1. The van der Waals surface area contributed by atoms with Crippen LogP contribution in [0.4, 0.5) is 10.1 Å². The number of carbonyl (C=O) groups excluding carboxylic acids is 2. The number of aliphatic hydroxyl groups excluding tert-OH is 1. The fourth-order valence-electron chi connectivity index (χ4n) is 3.55. The van der Waals surface area contributed by atoms with Crippen molar-refractivity contribution in [1.29, 1.82) is 0 Å². The van der Waals surface area contributed by atoms with Gasteiger partial charge in [-0.15, -0.1) is 0 Å². The van der Waals surface area contributed by atoms with Gasteiger partial charge >= 0.3 is 0 Å². The number of nitrogens with one attached hydrogen (secondary N) is 3. The largest absolute Gasteiger partial charge is 0.392 e. The van der Waals surface area contributed by atoms with Crippen LogP contribution in [0.3, 0.4) is 0 Å². The molecule has 4 rings (SSSR count). The van der Waals surface area contributed by atoms with Gasteiger partial charge in [0.15, 0.2) is 0 Å². The topological polar surface area (TPSA) is 94.2 Å². The van der Waals surface area contributed by atoms with E-state index in [-0.39, 0.29) is 18.6 Å². The lowest BCUT2D eigenvalue weighted by Crippen LogP contribution is -2.45. The van der Waals surface area contributed by atoms with Crippen LogP contribution in [0.1, 0.15) is 21.5 Å². The van der Waals surface area contributed by atoms with E-state index in [0.29, 0.717) is 11.3 Å². The molecule has 0 spiro atoms. The second-order valence-electron chi connectivity index (χ2n) is 7.44. The zero-order valence-corrected chi connectivity index (χ0v) is 17.1. The number of aromatic nitrogens is 1. The third-order valence-corrected chi connectivity index (χ3v) is 5.20. The van der Waals surface area contributed by atoms with Crippen LogP contribution in [-0.4, -0.2) is 27.9 Å². The Morgan fingerprint density at radius 1 is 1.00 bits per heavy atom. The Balaban J connectivity index is 1.59. The van der Waals surface area contributed by atoms with Crippen molar-refractivity contribution in [3.63, 3.8) is 0 Å². The number of hydrogen-bond donors (Lipinski definition) is 4. The van der Waals surface area contributed by atoms with E-state index >= 15 is 0 Å². The number of fused-ring (bicyclic) bond motifs is 1. The highest BCUT2D eigenvalue weighted by Crippen LogP contribution is 2.20. The van der Waals surface area contributed by atoms with Crippen LogP contribution in [-0.2, 0) is 17.8 Å². The SMILES string of the molecule is O=C(N[C@@H](Cc1c[nH]c2ccccc12)C(=O)Nc1cccc(CO)c1)c1ccc(F)cc1. The number of amides is 2. The minimum absolute atomic E-state index is 0.149. The van der Waals surface area contributed by atoms with E-state index in [2.05, 4.69) is 15.6 Å². The Bertz CT molecular complexity index is 1250. The summed E-state index contributed by atoms with van der Waals surface area (Å²) in [7, 11) is 0. The predicted octanol–water partition coefficient (Wildman–Crippen LogP) is 3.78. The third-order valence-electron chi connectivity index (χ3n) is 5.20. The zero-order chi connectivity index (χ0) is 22.5. The summed E-state index contributed by atoms with van der Waals surface area (Å²) in [6.07, 6.45) is 2.07. The molecule has 7 heteroatoms. The first-order valence-electron chi connectivity index (χ1n) is 10.2. The van der Waals surface area contributed by atoms with Crippen LogP contribution in [0.25, 0.3) is 10.9 Å². The number of anilines is 1. The minimum atomic E-state index is -0.885. The van der Waals surface area contributed by atoms with Crippen molar-refractivity contribution >= 4 is 28.4 Å². The Hall–Kier alpha value is -3.97. The van der Waals surface area contributed by atoms with Gasteiger partial charge in [0, 0.05) is 34.8 Å². The van der Waals surface area contributed by atoms with Crippen molar-refractivity contribution < 1.29 is 19.1 Å². The number of para-hydroxylation sites is 1. The van der Waals surface area contributed by atoms with E-state index in [9.17, 15) is 19.1 Å². The Labute approximate surface area is 184 Å². The van der Waals surface area contributed by atoms with Crippen molar-refractivity contribution in [2.24, 2.45) is 0 Å². The molecule has 1 heterocycles. The van der Waals surface area contributed by atoms with E-state index in [1.807, 2.05) is 30.5 Å². The highest BCUT2D eigenvalue weighted by atomic mass is 19.1. The molecule has 4 N–H and O–H groups in total. The Morgan fingerprint density at radius 2 is 1.78 bits per heavy atom. The quantitative estimate of drug-likeness (QED) is 0.359. The van der Waals surface area contributed by atoms with Crippen molar-refractivity contribution in [2.75, 3.05) is 5.32 Å². The molecule has 0 unspecified atom stereocenters. The molecule has 0 aliphatic carbocycles. The lowest BCUT2D eigenvalue weighted by atomic mass is 10.0. The fraction of sp³-hybridized carbons (Fsp3) is 0.120. The van der Waals surface area contributed by atoms with E-state index in [1.54, 1.807) is 24.3 Å². The number of rotatable bonds is 7. The van der Waals surface area contributed by atoms with Gasteiger partial charge in [-0.1, -0.05) is 30.3 Å². The van der Waals surface area contributed by atoms with Crippen LogP contribution < -0.4 is 10.6 Å². The number of hydrogen-bond acceptors (Lipinski definition) is 3. The van der Waals surface area contributed by atoms with Gasteiger partial charge in [-0.25, -0.2) is 4.39 Å². The summed E-state index contributed by atoms with van der Waals surface area (Å²) in [5.41, 5.74) is 3.24. The summed E-state index contributed by atoms with van der Waals surface area (Å²) in [4.78, 5) is 29.1. The molecular weight excluding hydrogens is 409 g/mol. The molecule has 32 heavy (non-hydrogen) atoms. The zero-order valence-electron chi connectivity index (χ0n) is 17.1. The number of benzene rings is 3. The summed E-state index contributed by atoms with van der Waals surface area (Å²) < 4.78 is 13.2. The third kappa shape index (κ3) is 4.84. The summed E-state index contributed by atoms with van der Waals surface area (Å²) in [6.45, 7) is -0.149. The Morgan fingerprint density at radius 3 is 2.56 bits per heavy atom. The monoisotopic (exact) mass is 431 g/mol. The maximum absolute atomic E-state index is 13.2. The molecule has 0 radical (unpaired) electrons. The second kappa shape index (κ2) is 9.45. The number of halogens is 1. The molecule has 0 fully saturated rings. The summed E-state index contributed by atoms with van der Waals surface area (Å²) >= 11 is 0. The molecule has 3 aromatic carbocycles. The fourth-order valence-corrected chi connectivity index (χ4v) is 3.55. The molecule has 2 amide bonds. The number of aliphatic hydroxyl groups is 1. The molecule has 0 saturated heterocycles. The van der Waals surface area contributed by atoms with Gasteiger partial charge in [-0.2, -0.15) is 0 Å². The normalized spacial score (nSPS) is 11.8. The van der Waals surface area contributed by atoms with Crippen LogP contribution >= 0.6 is 0 Å². The van der Waals surface area contributed by atoms with Gasteiger partial charge in [-0.05, 0) is 53.6 Å². The van der Waals surface area contributed by atoms with Crippen molar-refractivity contribution in [1.82, 2.24) is 10.3 Å². The molecular formula is C25H22FN3O3. The molecule has 0 aliphatic rings. The Kier molecular flexibility index (Phi) is 6.28. The maximum Gasteiger partial charge on any atom is 0.251 e. The van der Waals surface area contributed by atoms with Crippen LogP contribution in [0.2, 0.25) is 0 Å². The lowest BCUT2D eigenvalue weighted by molar-refractivity contribution is -0.118. The highest BCUT2D eigenvalue weighted by Gasteiger charge is 2.23. The first kappa shape index (κ1) is 21.3. The average molecular weight is 431 g/mol. The molecule has 4 aromatic rings. The van der Waals surface area contributed by atoms with Gasteiger partial charge < -0.3 is 20.7 Å². The molecule has 0 aliphatic heterocycles. The van der Waals surface area contributed by atoms with Gasteiger partial charge in [0.25, 0.3) is 5.91 Å². The number of H-pyrrole nitrogens is 1. The first-order chi connectivity index (χ1) is 15.5. The van der Waals surface area contributed by atoms with E-state index < -0.39 is 23.7 Å². The summed E-state index contributed by atoms with van der Waals surface area (Å²) in [5.74, 6) is -1.33. The van der Waals surface area contributed by atoms with Gasteiger partial charge in [-0.3, -0.25) is 9.59 Å². The lowest BCUT2D eigenvalue weighted by Gasteiger charge is -2.19. The van der Waals surface area contributed by atoms with Gasteiger partial charge in [0.2, 0.25) is 5.91 Å². The van der Waals surface area contributed by atoms with Gasteiger partial charge in [0.1, 0.15) is 11.9 Å². The molecule has 0 saturated carbocycles. The molecule has 0 bridgehead atoms. The minimum Gasteiger partial charge on any atom is -0.392 e. The highest BCUT2D eigenvalue weighted by molar-refractivity contribution is 6.01. The molecule has 6 nitrogen and oxygen atoms in total. The predicted molar refractivity (Wildman–Crippen MR) is 121 cm³/mol. The molecule has 162 valence electrons. The molecule has 1 aromatic heterocycles. The average Bonchev–Trinajstić information content (AvgIpc) is 3.22. The van der Waals surface area contributed by atoms with Crippen molar-refractivity contribution in [2.45, 2.75) is 19.1 Å². The number of carbonyl (C=O) groups is 2. The first-order valence-corrected chi connectivity index (χ1v) is 10.2. The van der Waals surface area contributed by atoms with E-state index in [1.165, 1.54) is 24.3 Å². The standard InChI is InChI=1S/C25H22FN3O3/c26-19-10-8-17(9-11-19)24(31)29-23(13-18-14-27-22-7-2-1-6-21(18)22)25(32)28-20-5-3-4-16(12-20)15-30/h1-12,14,23,27,30H,13,15H2,(H,28,32)(H,29,31)/t23-/m0/s1. The van der Waals surface area contributed by atoms with Crippen LogP contribution in [0.15, 0.2) is 79.0 Å². The van der Waals surface area contributed by atoms with E-state index in [0.717, 1.165) is 16.5 Å². The van der Waals surface area contributed by atoms with Crippen LogP contribution in [0, 0.1) is 5.82 Å². The summed E-state index contributed by atoms with van der Waals surface area (Å²) in [5, 5.41) is 15.9. The van der Waals surface area contributed by atoms with Crippen molar-refractivity contribution in [3.8, 4) is 0 Å².